The van der Waals surface area contributed by atoms with Gasteiger partial charge in [-0.2, -0.15) is 4.98 Å². The van der Waals surface area contributed by atoms with Crippen LogP contribution in [-0.2, 0) is 13.1 Å². The lowest BCUT2D eigenvalue weighted by molar-refractivity contribution is 0.124. The number of hydrogen-bond donors (Lipinski definition) is 1. The first-order valence-corrected chi connectivity index (χ1v) is 5.83. The van der Waals surface area contributed by atoms with E-state index in [1.807, 2.05) is 0 Å². The predicted octanol–water partition coefficient (Wildman–Crippen LogP) is 1.57. The molecular formula is C11H21ClN4O. The van der Waals surface area contributed by atoms with E-state index in [1.165, 1.54) is 12.8 Å². The van der Waals surface area contributed by atoms with E-state index in [9.17, 15) is 0 Å². The molecular weight excluding hydrogens is 240 g/mol. The minimum absolute atomic E-state index is 0. The van der Waals surface area contributed by atoms with Crippen molar-refractivity contribution in [1.29, 1.82) is 0 Å². The Kier molecular flexibility index (Phi) is 4.91. The molecule has 1 aromatic rings. The maximum atomic E-state index is 5.42. The molecule has 6 heteroatoms. The van der Waals surface area contributed by atoms with Crippen molar-refractivity contribution in [3.05, 3.63) is 11.7 Å². The number of hydrogen-bond acceptors (Lipinski definition) is 5. The molecule has 2 heterocycles. The maximum absolute atomic E-state index is 5.42. The van der Waals surface area contributed by atoms with Gasteiger partial charge in [0.1, 0.15) is 0 Å². The Morgan fingerprint density at radius 3 is 2.53 bits per heavy atom. The molecule has 0 bridgehead atoms. The first kappa shape index (κ1) is 14.4. The second-order valence-electron chi connectivity index (χ2n) is 5.25. The number of aromatic nitrogens is 2. The minimum Gasteiger partial charge on any atom is -0.338 e. The van der Waals surface area contributed by atoms with Gasteiger partial charge in [0.05, 0.1) is 13.1 Å². The van der Waals surface area contributed by atoms with Crippen LogP contribution in [0.25, 0.3) is 0 Å². The van der Waals surface area contributed by atoms with E-state index in [4.69, 9.17) is 10.3 Å². The van der Waals surface area contributed by atoms with Crippen molar-refractivity contribution in [2.24, 2.45) is 11.1 Å². The normalized spacial score (nSPS) is 19.9. The Hall–Kier alpha value is -0.650. The number of piperidine rings is 1. The molecule has 0 aromatic carbocycles. The summed E-state index contributed by atoms with van der Waals surface area (Å²) in [6.07, 6.45) is 2.46. The average molecular weight is 261 g/mol. The van der Waals surface area contributed by atoms with Gasteiger partial charge in [-0.3, -0.25) is 4.90 Å². The molecule has 1 saturated heterocycles. The Morgan fingerprint density at radius 2 is 2.00 bits per heavy atom. The van der Waals surface area contributed by atoms with Gasteiger partial charge in [0.2, 0.25) is 5.89 Å². The average Bonchev–Trinajstić information content (AvgIpc) is 2.69. The fourth-order valence-corrected chi connectivity index (χ4v) is 1.95. The van der Waals surface area contributed by atoms with Crippen LogP contribution in [0.2, 0.25) is 0 Å². The van der Waals surface area contributed by atoms with Gasteiger partial charge in [-0.1, -0.05) is 19.0 Å². The molecule has 0 spiro atoms. The Labute approximate surface area is 108 Å². The lowest BCUT2D eigenvalue weighted by Crippen LogP contribution is -2.37. The summed E-state index contributed by atoms with van der Waals surface area (Å²) in [6, 6.07) is 0. The zero-order chi connectivity index (χ0) is 11.6. The number of halogens is 1. The second kappa shape index (κ2) is 5.80. The van der Waals surface area contributed by atoms with Gasteiger partial charge in [-0.15, -0.1) is 12.4 Å². The van der Waals surface area contributed by atoms with Crippen molar-refractivity contribution >= 4 is 12.4 Å². The molecule has 98 valence electrons. The minimum atomic E-state index is 0. The number of rotatable bonds is 3. The molecule has 0 atom stereocenters. The van der Waals surface area contributed by atoms with Crippen molar-refractivity contribution in [2.45, 2.75) is 39.8 Å². The maximum Gasteiger partial charge on any atom is 0.240 e. The Bertz CT molecular complexity index is 343. The van der Waals surface area contributed by atoms with Crippen molar-refractivity contribution in [3.8, 4) is 0 Å². The summed E-state index contributed by atoms with van der Waals surface area (Å²) in [7, 11) is 0. The molecule has 0 amide bonds. The highest BCUT2D eigenvalue weighted by molar-refractivity contribution is 5.85. The summed E-state index contributed by atoms with van der Waals surface area (Å²) in [5, 5.41) is 3.91. The largest absolute Gasteiger partial charge is 0.338 e. The van der Waals surface area contributed by atoms with Crippen LogP contribution in [0.15, 0.2) is 4.52 Å². The van der Waals surface area contributed by atoms with Crippen LogP contribution >= 0.6 is 12.4 Å². The molecule has 5 nitrogen and oxygen atoms in total. The molecule has 17 heavy (non-hydrogen) atoms. The molecule has 1 aliphatic rings. The molecule has 0 unspecified atom stereocenters. The van der Waals surface area contributed by atoms with Gasteiger partial charge in [-0.05, 0) is 31.3 Å². The quantitative estimate of drug-likeness (QED) is 0.894. The molecule has 1 fully saturated rings. The molecule has 1 aliphatic heterocycles. The smallest absolute Gasteiger partial charge is 0.240 e. The molecule has 0 saturated carbocycles. The van der Waals surface area contributed by atoms with Crippen LogP contribution in [0.3, 0.4) is 0 Å². The van der Waals surface area contributed by atoms with E-state index in [-0.39, 0.29) is 12.4 Å². The predicted molar refractivity (Wildman–Crippen MR) is 67.7 cm³/mol. The van der Waals surface area contributed by atoms with E-state index in [1.54, 1.807) is 0 Å². The van der Waals surface area contributed by atoms with Crippen LogP contribution in [0.4, 0.5) is 0 Å². The van der Waals surface area contributed by atoms with Crippen LogP contribution < -0.4 is 5.73 Å². The summed E-state index contributed by atoms with van der Waals surface area (Å²) in [5.41, 5.74) is 5.90. The highest BCUT2D eigenvalue weighted by atomic mass is 35.5. The number of nitrogens with two attached hydrogens (primary N) is 1. The first-order chi connectivity index (χ1) is 7.59. The topological polar surface area (TPSA) is 68.2 Å². The third kappa shape index (κ3) is 3.94. The van der Waals surface area contributed by atoms with Crippen molar-refractivity contribution in [3.63, 3.8) is 0 Å². The van der Waals surface area contributed by atoms with Crippen LogP contribution in [0, 0.1) is 5.41 Å². The highest BCUT2D eigenvalue weighted by Crippen LogP contribution is 2.29. The SMILES string of the molecule is CC1(C)CCN(Cc2noc(CN)n2)CC1.Cl. The summed E-state index contributed by atoms with van der Waals surface area (Å²) in [5.74, 6) is 1.27. The molecule has 1 aromatic heterocycles. The zero-order valence-corrected chi connectivity index (χ0v) is 11.3. The third-order valence-corrected chi connectivity index (χ3v) is 3.26. The molecule has 0 radical (unpaired) electrons. The van der Waals surface area contributed by atoms with Crippen LogP contribution in [0.1, 0.15) is 38.4 Å². The summed E-state index contributed by atoms with van der Waals surface area (Å²) >= 11 is 0. The van der Waals surface area contributed by atoms with Crippen molar-refractivity contribution < 1.29 is 4.52 Å². The molecule has 2 rings (SSSR count). The van der Waals surface area contributed by atoms with Gasteiger partial charge in [0, 0.05) is 0 Å². The van der Waals surface area contributed by atoms with E-state index >= 15 is 0 Å². The van der Waals surface area contributed by atoms with Crippen molar-refractivity contribution in [2.75, 3.05) is 13.1 Å². The zero-order valence-electron chi connectivity index (χ0n) is 10.5. The van der Waals surface area contributed by atoms with Crippen molar-refractivity contribution in [1.82, 2.24) is 15.0 Å². The van der Waals surface area contributed by atoms with E-state index in [0.717, 1.165) is 25.5 Å². The Balaban J connectivity index is 0.00000144. The van der Waals surface area contributed by atoms with Crippen LogP contribution in [-0.4, -0.2) is 28.1 Å². The lowest BCUT2D eigenvalue weighted by Gasteiger charge is -2.36. The lowest BCUT2D eigenvalue weighted by atomic mass is 9.83. The van der Waals surface area contributed by atoms with Crippen LogP contribution in [0.5, 0.6) is 0 Å². The number of likely N-dealkylation sites (tertiary alicyclic amines) is 1. The second-order valence-corrected chi connectivity index (χ2v) is 5.25. The van der Waals surface area contributed by atoms with Gasteiger partial charge in [0.25, 0.3) is 0 Å². The summed E-state index contributed by atoms with van der Waals surface area (Å²) < 4.78 is 4.98. The molecule has 2 N–H and O–H groups in total. The Morgan fingerprint density at radius 1 is 1.35 bits per heavy atom. The first-order valence-electron chi connectivity index (χ1n) is 5.83. The van der Waals surface area contributed by atoms with E-state index in [0.29, 0.717) is 17.9 Å². The standard InChI is InChI=1S/C11H20N4O.ClH/c1-11(2)3-5-15(6-4-11)8-9-13-10(7-12)16-14-9;/h3-8,12H2,1-2H3;1H. The fraction of sp³-hybridized carbons (Fsp3) is 0.818. The van der Waals surface area contributed by atoms with E-state index < -0.39 is 0 Å². The van der Waals surface area contributed by atoms with Gasteiger partial charge in [-0.25, -0.2) is 0 Å². The summed E-state index contributed by atoms with van der Waals surface area (Å²) in [6.45, 7) is 7.97. The van der Waals surface area contributed by atoms with Gasteiger partial charge in [0.15, 0.2) is 5.82 Å². The number of nitrogens with zero attached hydrogens (tertiary/aromatic N) is 3. The van der Waals surface area contributed by atoms with Gasteiger partial charge >= 0.3 is 0 Å². The van der Waals surface area contributed by atoms with E-state index in [2.05, 4.69) is 28.9 Å². The third-order valence-electron chi connectivity index (χ3n) is 3.26. The highest BCUT2D eigenvalue weighted by Gasteiger charge is 2.25. The molecule has 0 aliphatic carbocycles. The fourth-order valence-electron chi connectivity index (χ4n) is 1.95. The monoisotopic (exact) mass is 260 g/mol. The summed E-state index contributed by atoms with van der Waals surface area (Å²) in [4.78, 5) is 6.59. The van der Waals surface area contributed by atoms with Gasteiger partial charge < -0.3 is 10.3 Å².